The third-order valence-electron chi connectivity index (χ3n) is 2.67. The number of hydrogen-bond acceptors (Lipinski definition) is 5. The zero-order valence-corrected chi connectivity index (χ0v) is 14.3. The average Bonchev–Trinajstić information content (AvgIpc) is 2.41. The predicted molar refractivity (Wildman–Crippen MR) is 84.6 cm³/mol. The van der Waals surface area contributed by atoms with Gasteiger partial charge >= 0.3 is 0 Å². The van der Waals surface area contributed by atoms with Crippen molar-refractivity contribution >= 4 is 21.8 Å². The van der Waals surface area contributed by atoms with Crippen molar-refractivity contribution in [3.05, 3.63) is 23.8 Å². The molecular formula is C14H21N3O5S. The number of ether oxygens (including phenoxy) is 1. The van der Waals surface area contributed by atoms with E-state index in [1.807, 2.05) is 20.8 Å². The summed E-state index contributed by atoms with van der Waals surface area (Å²) in [7, 11) is -2.61. The Morgan fingerprint density at radius 1 is 1.26 bits per heavy atom. The molecule has 1 aromatic carbocycles. The van der Waals surface area contributed by atoms with Gasteiger partial charge in [-0.2, -0.15) is 0 Å². The molecule has 23 heavy (non-hydrogen) atoms. The summed E-state index contributed by atoms with van der Waals surface area (Å²) in [6.45, 7) is 5.18. The molecule has 128 valence electrons. The van der Waals surface area contributed by atoms with Crippen LogP contribution in [0.15, 0.2) is 23.1 Å². The van der Waals surface area contributed by atoms with Gasteiger partial charge in [-0.3, -0.25) is 9.59 Å². The first-order valence-electron chi connectivity index (χ1n) is 6.74. The lowest BCUT2D eigenvalue weighted by atomic mass is 10.1. The number of primary sulfonamides is 1. The minimum absolute atomic E-state index is 0.0254. The molecule has 0 aliphatic heterocycles. The summed E-state index contributed by atoms with van der Waals surface area (Å²) in [5.41, 5.74) is -0.449. The topological polar surface area (TPSA) is 128 Å². The maximum absolute atomic E-state index is 12.2. The molecule has 1 rings (SSSR count). The van der Waals surface area contributed by atoms with E-state index in [0.717, 1.165) is 6.07 Å². The number of sulfonamides is 1. The molecule has 0 atom stereocenters. The van der Waals surface area contributed by atoms with Crippen molar-refractivity contribution in [2.24, 2.45) is 5.14 Å². The van der Waals surface area contributed by atoms with Gasteiger partial charge < -0.3 is 15.4 Å². The quantitative estimate of drug-likeness (QED) is 0.693. The van der Waals surface area contributed by atoms with Crippen molar-refractivity contribution in [3.63, 3.8) is 0 Å². The monoisotopic (exact) mass is 343 g/mol. The molecule has 2 amide bonds. The second-order valence-electron chi connectivity index (χ2n) is 5.89. The Kier molecular flexibility index (Phi) is 5.73. The van der Waals surface area contributed by atoms with Gasteiger partial charge in [-0.15, -0.1) is 0 Å². The van der Waals surface area contributed by atoms with Crippen LogP contribution in [0.2, 0.25) is 0 Å². The highest BCUT2D eigenvalue weighted by Crippen LogP contribution is 2.21. The summed E-state index contributed by atoms with van der Waals surface area (Å²) < 4.78 is 27.8. The molecule has 1 aromatic rings. The van der Waals surface area contributed by atoms with E-state index in [2.05, 4.69) is 10.6 Å². The molecule has 0 saturated carbocycles. The van der Waals surface area contributed by atoms with Crippen LogP contribution in [0.3, 0.4) is 0 Å². The summed E-state index contributed by atoms with van der Waals surface area (Å²) >= 11 is 0. The van der Waals surface area contributed by atoms with Gasteiger partial charge in [-0.25, -0.2) is 13.6 Å². The summed E-state index contributed by atoms with van der Waals surface area (Å²) in [6, 6.07) is 3.66. The number of carbonyl (C=O) groups is 2. The Bertz CT molecular complexity index is 708. The van der Waals surface area contributed by atoms with Crippen LogP contribution in [0.25, 0.3) is 0 Å². The Morgan fingerprint density at radius 2 is 1.87 bits per heavy atom. The number of methoxy groups -OCH3 is 1. The van der Waals surface area contributed by atoms with Crippen molar-refractivity contribution < 1.29 is 22.7 Å². The molecule has 0 saturated heterocycles. The highest BCUT2D eigenvalue weighted by molar-refractivity contribution is 7.89. The normalized spacial score (nSPS) is 11.7. The van der Waals surface area contributed by atoms with E-state index in [1.54, 1.807) is 0 Å². The Hall–Kier alpha value is -2.13. The molecule has 4 N–H and O–H groups in total. The first-order valence-corrected chi connectivity index (χ1v) is 8.29. The minimum Gasteiger partial charge on any atom is -0.496 e. The number of hydrogen-bond donors (Lipinski definition) is 3. The first kappa shape index (κ1) is 18.9. The molecule has 0 aliphatic rings. The number of benzene rings is 1. The molecule has 8 nitrogen and oxygen atoms in total. The zero-order chi connectivity index (χ0) is 17.8. The van der Waals surface area contributed by atoms with Crippen LogP contribution in [0.5, 0.6) is 5.75 Å². The van der Waals surface area contributed by atoms with E-state index in [-0.39, 0.29) is 28.7 Å². The molecule has 0 heterocycles. The van der Waals surface area contributed by atoms with Gasteiger partial charge in [0.25, 0.3) is 5.91 Å². The Morgan fingerprint density at radius 3 is 2.35 bits per heavy atom. The van der Waals surface area contributed by atoms with Crippen LogP contribution in [-0.2, 0) is 14.8 Å². The summed E-state index contributed by atoms with van der Waals surface area (Å²) in [5, 5.41) is 10.1. The molecule has 0 aliphatic carbocycles. The Balaban J connectivity index is 2.93. The van der Waals surface area contributed by atoms with Crippen LogP contribution >= 0.6 is 0 Å². The van der Waals surface area contributed by atoms with Crippen LogP contribution in [0, 0.1) is 0 Å². The number of rotatable bonds is 5. The van der Waals surface area contributed by atoms with E-state index in [9.17, 15) is 18.0 Å². The maximum Gasteiger partial charge on any atom is 0.255 e. The van der Waals surface area contributed by atoms with Gasteiger partial charge in [0.2, 0.25) is 15.9 Å². The zero-order valence-electron chi connectivity index (χ0n) is 13.5. The van der Waals surface area contributed by atoms with Crippen LogP contribution < -0.4 is 20.5 Å². The second kappa shape index (κ2) is 6.97. The van der Waals surface area contributed by atoms with Crippen molar-refractivity contribution in [2.45, 2.75) is 31.2 Å². The van der Waals surface area contributed by atoms with Gasteiger partial charge in [0.15, 0.2) is 0 Å². The summed E-state index contributed by atoms with van der Waals surface area (Å²) in [5.74, 6) is -0.838. The second-order valence-corrected chi connectivity index (χ2v) is 7.45. The molecule has 0 spiro atoms. The standard InChI is InChI=1S/C14H21N3O5S/c1-14(2,3)17-12(18)8-16-13(19)10-7-9(23(15,20)21)5-6-11(10)22-4/h5-7H,8H2,1-4H3,(H,16,19)(H,17,18)(H2,15,20,21). The van der Waals surface area contributed by atoms with Crippen LogP contribution in [0.1, 0.15) is 31.1 Å². The van der Waals surface area contributed by atoms with Gasteiger partial charge in [0.05, 0.1) is 24.1 Å². The average molecular weight is 343 g/mol. The molecular weight excluding hydrogens is 322 g/mol. The number of nitrogens with two attached hydrogens (primary N) is 1. The third kappa shape index (κ3) is 5.87. The highest BCUT2D eigenvalue weighted by Gasteiger charge is 2.19. The van der Waals surface area contributed by atoms with Crippen molar-refractivity contribution in [1.29, 1.82) is 0 Å². The molecule has 0 radical (unpaired) electrons. The third-order valence-corrected chi connectivity index (χ3v) is 3.58. The van der Waals surface area contributed by atoms with E-state index in [4.69, 9.17) is 9.88 Å². The first-order chi connectivity index (χ1) is 10.4. The molecule has 9 heteroatoms. The number of nitrogens with one attached hydrogen (secondary N) is 2. The van der Waals surface area contributed by atoms with E-state index in [1.165, 1.54) is 19.2 Å². The minimum atomic E-state index is -3.95. The summed E-state index contributed by atoms with van der Waals surface area (Å²) in [6.07, 6.45) is 0. The van der Waals surface area contributed by atoms with Gasteiger partial charge in [0.1, 0.15) is 5.75 Å². The van der Waals surface area contributed by atoms with E-state index in [0.29, 0.717) is 0 Å². The summed E-state index contributed by atoms with van der Waals surface area (Å²) in [4.78, 5) is 23.6. The lowest BCUT2D eigenvalue weighted by Crippen LogP contribution is -2.45. The highest BCUT2D eigenvalue weighted by atomic mass is 32.2. The molecule has 0 fully saturated rings. The maximum atomic E-state index is 12.2. The molecule has 0 bridgehead atoms. The smallest absolute Gasteiger partial charge is 0.255 e. The van der Waals surface area contributed by atoms with Crippen molar-refractivity contribution in [1.82, 2.24) is 10.6 Å². The number of amides is 2. The fourth-order valence-electron chi connectivity index (χ4n) is 1.76. The van der Waals surface area contributed by atoms with Gasteiger partial charge in [0, 0.05) is 5.54 Å². The predicted octanol–water partition coefficient (Wildman–Crippen LogP) is -0.0129. The van der Waals surface area contributed by atoms with E-state index < -0.39 is 21.5 Å². The fraction of sp³-hybridized carbons (Fsp3) is 0.429. The van der Waals surface area contributed by atoms with Gasteiger partial charge in [-0.1, -0.05) is 0 Å². The molecule has 0 unspecified atom stereocenters. The van der Waals surface area contributed by atoms with Crippen LogP contribution in [-0.4, -0.2) is 39.4 Å². The fourth-order valence-corrected chi connectivity index (χ4v) is 2.30. The largest absolute Gasteiger partial charge is 0.496 e. The SMILES string of the molecule is COc1ccc(S(N)(=O)=O)cc1C(=O)NCC(=O)NC(C)(C)C. The van der Waals surface area contributed by atoms with Crippen molar-refractivity contribution in [3.8, 4) is 5.75 Å². The lowest BCUT2D eigenvalue weighted by molar-refractivity contribution is -0.121. The lowest BCUT2D eigenvalue weighted by Gasteiger charge is -2.20. The molecule has 0 aromatic heterocycles. The Labute approximate surface area is 135 Å². The van der Waals surface area contributed by atoms with Crippen molar-refractivity contribution in [2.75, 3.05) is 13.7 Å². The van der Waals surface area contributed by atoms with Gasteiger partial charge in [-0.05, 0) is 39.0 Å². The van der Waals surface area contributed by atoms with E-state index >= 15 is 0 Å². The number of carbonyl (C=O) groups excluding carboxylic acids is 2. The van der Waals surface area contributed by atoms with Crippen LogP contribution in [0.4, 0.5) is 0 Å².